The van der Waals surface area contributed by atoms with Crippen LogP contribution in [0.5, 0.6) is 5.75 Å². The SMILES string of the molecule is C[C@H](NC(=O)COc1cccc(C(=O)NCc2ccccc2)c1)c1cc2ccccc2o1. The molecule has 0 unspecified atom stereocenters. The number of amides is 2. The Hall–Kier alpha value is -4.06. The van der Waals surface area contributed by atoms with Crippen LogP contribution in [0.2, 0.25) is 0 Å². The third-order valence-corrected chi connectivity index (χ3v) is 5.01. The molecule has 0 aliphatic heterocycles. The summed E-state index contributed by atoms with van der Waals surface area (Å²) in [5, 5.41) is 6.73. The lowest BCUT2D eigenvalue weighted by Gasteiger charge is -2.12. The summed E-state index contributed by atoms with van der Waals surface area (Å²) in [5.41, 5.74) is 2.26. The zero-order valence-corrected chi connectivity index (χ0v) is 17.7. The van der Waals surface area contributed by atoms with Crippen molar-refractivity contribution < 1.29 is 18.7 Å². The average molecular weight is 428 g/mol. The van der Waals surface area contributed by atoms with Gasteiger partial charge in [0.2, 0.25) is 0 Å². The summed E-state index contributed by atoms with van der Waals surface area (Å²) in [6.07, 6.45) is 0. The van der Waals surface area contributed by atoms with E-state index < -0.39 is 0 Å². The van der Waals surface area contributed by atoms with Gasteiger partial charge in [0.25, 0.3) is 11.8 Å². The van der Waals surface area contributed by atoms with Gasteiger partial charge in [0.1, 0.15) is 17.1 Å². The van der Waals surface area contributed by atoms with Crippen molar-refractivity contribution in [3.63, 3.8) is 0 Å². The van der Waals surface area contributed by atoms with Crippen LogP contribution in [0.1, 0.15) is 34.6 Å². The fourth-order valence-electron chi connectivity index (χ4n) is 3.33. The zero-order valence-electron chi connectivity index (χ0n) is 17.7. The van der Waals surface area contributed by atoms with Crippen LogP contribution in [-0.2, 0) is 11.3 Å². The molecule has 0 aliphatic carbocycles. The van der Waals surface area contributed by atoms with Crippen LogP contribution in [0.15, 0.2) is 89.3 Å². The Labute approximate surface area is 186 Å². The van der Waals surface area contributed by atoms with E-state index in [4.69, 9.17) is 9.15 Å². The second-order valence-corrected chi connectivity index (χ2v) is 7.46. The lowest BCUT2D eigenvalue weighted by atomic mass is 10.2. The van der Waals surface area contributed by atoms with Gasteiger partial charge in [-0.15, -0.1) is 0 Å². The zero-order chi connectivity index (χ0) is 22.3. The number of carbonyl (C=O) groups excluding carboxylic acids is 2. The Balaban J connectivity index is 1.29. The standard InChI is InChI=1S/C26H24N2O4/c1-18(24-15-20-10-5-6-13-23(20)32-24)28-25(29)17-31-22-12-7-11-21(14-22)26(30)27-16-19-8-3-2-4-9-19/h2-15,18H,16-17H2,1H3,(H,27,30)(H,28,29)/t18-/m0/s1. The number of nitrogens with one attached hydrogen (secondary N) is 2. The van der Waals surface area contributed by atoms with Crippen molar-refractivity contribution in [3.05, 3.63) is 102 Å². The number of rotatable bonds is 8. The first-order chi connectivity index (χ1) is 15.6. The number of benzene rings is 3. The summed E-state index contributed by atoms with van der Waals surface area (Å²) in [6, 6.07) is 25.8. The molecule has 4 rings (SSSR count). The van der Waals surface area contributed by atoms with E-state index in [1.165, 1.54) is 0 Å². The van der Waals surface area contributed by atoms with Crippen molar-refractivity contribution in [2.24, 2.45) is 0 Å². The smallest absolute Gasteiger partial charge is 0.258 e. The molecule has 32 heavy (non-hydrogen) atoms. The van der Waals surface area contributed by atoms with Crippen LogP contribution in [0.4, 0.5) is 0 Å². The monoisotopic (exact) mass is 428 g/mol. The van der Waals surface area contributed by atoms with Gasteiger partial charge in [-0.1, -0.05) is 54.6 Å². The van der Waals surface area contributed by atoms with Crippen LogP contribution in [0.25, 0.3) is 11.0 Å². The maximum Gasteiger partial charge on any atom is 0.258 e. The lowest BCUT2D eigenvalue weighted by molar-refractivity contribution is -0.123. The average Bonchev–Trinajstić information content (AvgIpc) is 3.27. The molecule has 0 spiro atoms. The molecule has 3 aromatic carbocycles. The third-order valence-electron chi connectivity index (χ3n) is 5.01. The van der Waals surface area contributed by atoms with Crippen molar-refractivity contribution in [1.82, 2.24) is 10.6 Å². The molecule has 0 bridgehead atoms. The van der Waals surface area contributed by atoms with E-state index in [0.29, 0.717) is 23.6 Å². The summed E-state index contributed by atoms with van der Waals surface area (Å²) in [5.74, 6) is 0.639. The van der Waals surface area contributed by atoms with Gasteiger partial charge >= 0.3 is 0 Å². The van der Waals surface area contributed by atoms with Gasteiger partial charge in [-0.25, -0.2) is 0 Å². The highest BCUT2D eigenvalue weighted by atomic mass is 16.5. The van der Waals surface area contributed by atoms with Crippen LogP contribution in [0, 0.1) is 0 Å². The van der Waals surface area contributed by atoms with Gasteiger partial charge < -0.3 is 19.8 Å². The van der Waals surface area contributed by atoms with E-state index in [9.17, 15) is 9.59 Å². The summed E-state index contributed by atoms with van der Waals surface area (Å²) in [4.78, 5) is 24.8. The van der Waals surface area contributed by atoms with Gasteiger partial charge in [0.15, 0.2) is 6.61 Å². The molecule has 0 fully saturated rings. The van der Waals surface area contributed by atoms with E-state index in [0.717, 1.165) is 16.5 Å². The summed E-state index contributed by atoms with van der Waals surface area (Å²) in [7, 11) is 0. The van der Waals surface area contributed by atoms with Crippen LogP contribution in [0.3, 0.4) is 0 Å². The fraction of sp³-hybridized carbons (Fsp3) is 0.154. The predicted molar refractivity (Wildman–Crippen MR) is 122 cm³/mol. The Morgan fingerprint density at radius 1 is 0.938 bits per heavy atom. The topological polar surface area (TPSA) is 80.6 Å². The predicted octanol–water partition coefficient (Wildman–Crippen LogP) is 4.62. The molecule has 1 atom stereocenters. The summed E-state index contributed by atoms with van der Waals surface area (Å²) < 4.78 is 11.4. The number of ether oxygens (including phenoxy) is 1. The quantitative estimate of drug-likeness (QED) is 0.429. The Morgan fingerprint density at radius 2 is 1.72 bits per heavy atom. The van der Waals surface area contributed by atoms with Gasteiger partial charge in [0.05, 0.1) is 6.04 Å². The Bertz CT molecular complexity index is 1180. The number of hydrogen-bond donors (Lipinski definition) is 2. The van der Waals surface area contributed by atoms with Crippen LogP contribution >= 0.6 is 0 Å². The Kier molecular flexibility index (Phi) is 6.51. The number of carbonyl (C=O) groups is 2. The first-order valence-electron chi connectivity index (χ1n) is 10.4. The molecule has 6 heteroatoms. The van der Waals surface area contributed by atoms with E-state index in [1.807, 2.05) is 67.6 Å². The lowest BCUT2D eigenvalue weighted by Crippen LogP contribution is -2.31. The highest BCUT2D eigenvalue weighted by Gasteiger charge is 2.15. The molecule has 162 valence electrons. The number of hydrogen-bond acceptors (Lipinski definition) is 4. The van der Waals surface area contributed by atoms with Crippen LogP contribution < -0.4 is 15.4 Å². The summed E-state index contributed by atoms with van der Waals surface area (Å²) >= 11 is 0. The van der Waals surface area contributed by atoms with E-state index in [1.54, 1.807) is 24.3 Å². The number of furan rings is 1. The molecule has 2 N–H and O–H groups in total. The third kappa shape index (κ3) is 5.35. The minimum atomic E-state index is -0.298. The molecular weight excluding hydrogens is 404 g/mol. The second kappa shape index (κ2) is 9.83. The minimum absolute atomic E-state index is 0.167. The van der Waals surface area contributed by atoms with Crippen molar-refractivity contribution in [2.75, 3.05) is 6.61 Å². The second-order valence-electron chi connectivity index (χ2n) is 7.46. The van der Waals surface area contributed by atoms with E-state index >= 15 is 0 Å². The molecule has 4 aromatic rings. The fourth-order valence-corrected chi connectivity index (χ4v) is 3.33. The highest BCUT2D eigenvalue weighted by Crippen LogP contribution is 2.23. The van der Waals surface area contributed by atoms with Gasteiger partial charge in [-0.3, -0.25) is 9.59 Å². The minimum Gasteiger partial charge on any atom is -0.484 e. The summed E-state index contributed by atoms with van der Waals surface area (Å²) in [6.45, 7) is 2.12. The largest absolute Gasteiger partial charge is 0.484 e. The molecule has 6 nitrogen and oxygen atoms in total. The first-order valence-corrected chi connectivity index (χ1v) is 10.4. The van der Waals surface area contributed by atoms with Crippen molar-refractivity contribution >= 4 is 22.8 Å². The first kappa shape index (κ1) is 21.2. The molecular formula is C26H24N2O4. The highest BCUT2D eigenvalue weighted by molar-refractivity contribution is 5.94. The van der Waals surface area contributed by atoms with Gasteiger partial charge in [0, 0.05) is 17.5 Å². The molecule has 0 saturated heterocycles. The van der Waals surface area contributed by atoms with E-state index in [-0.39, 0.29) is 24.5 Å². The normalized spacial score (nSPS) is 11.7. The molecule has 1 aromatic heterocycles. The molecule has 2 amide bonds. The van der Waals surface area contributed by atoms with Gasteiger partial charge in [-0.05, 0) is 42.8 Å². The van der Waals surface area contributed by atoms with Crippen molar-refractivity contribution in [2.45, 2.75) is 19.5 Å². The maximum atomic E-state index is 12.4. The van der Waals surface area contributed by atoms with Gasteiger partial charge in [-0.2, -0.15) is 0 Å². The van der Waals surface area contributed by atoms with Crippen molar-refractivity contribution in [3.8, 4) is 5.75 Å². The van der Waals surface area contributed by atoms with E-state index in [2.05, 4.69) is 10.6 Å². The molecule has 0 aliphatic rings. The van der Waals surface area contributed by atoms with Crippen LogP contribution in [-0.4, -0.2) is 18.4 Å². The Morgan fingerprint density at radius 3 is 2.53 bits per heavy atom. The number of fused-ring (bicyclic) bond motifs is 1. The molecule has 0 saturated carbocycles. The van der Waals surface area contributed by atoms with Crippen molar-refractivity contribution in [1.29, 1.82) is 0 Å². The number of para-hydroxylation sites is 1. The maximum absolute atomic E-state index is 12.4. The molecule has 0 radical (unpaired) electrons. The molecule has 1 heterocycles.